The number of rotatable bonds is 6. The molecule has 0 bridgehead atoms. The van der Waals surface area contributed by atoms with Gasteiger partial charge in [-0.25, -0.2) is 4.39 Å². The summed E-state index contributed by atoms with van der Waals surface area (Å²) in [6.07, 6.45) is 4.03. The van der Waals surface area contributed by atoms with E-state index >= 15 is 0 Å². The van der Waals surface area contributed by atoms with E-state index in [2.05, 4.69) is 26.1 Å². The van der Waals surface area contributed by atoms with Gasteiger partial charge in [0, 0.05) is 31.5 Å². The fourth-order valence-corrected chi connectivity index (χ4v) is 4.31. The third-order valence-electron chi connectivity index (χ3n) is 6.38. The number of piperidine rings is 1. The molecule has 1 aromatic carbocycles. The van der Waals surface area contributed by atoms with Crippen LogP contribution < -0.4 is 5.32 Å². The molecule has 2 fully saturated rings. The second kappa shape index (κ2) is 9.04. The number of hydrogen-bond acceptors (Lipinski definition) is 3. The van der Waals surface area contributed by atoms with Crippen molar-refractivity contribution < 1.29 is 14.0 Å². The van der Waals surface area contributed by atoms with Crippen LogP contribution in [0.5, 0.6) is 0 Å². The molecule has 0 spiro atoms. The molecule has 6 nitrogen and oxygen atoms in total. The number of carbonyl (C=O) groups excluding carboxylic acids is 2. The summed E-state index contributed by atoms with van der Waals surface area (Å²) in [5.41, 5.74) is 2.00. The van der Waals surface area contributed by atoms with Gasteiger partial charge in [0.2, 0.25) is 5.91 Å². The SMILES string of the molecule is CC(C)(C)n1nc(C2CC2)cc1C(=O)N1CCC(C(=O)NCCc2ccccc2F)CC1. The molecule has 2 heterocycles. The fourth-order valence-electron chi connectivity index (χ4n) is 4.31. The first-order valence-corrected chi connectivity index (χ1v) is 11.6. The maximum Gasteiger partial charge on any atom is 0.272 e. The summed E-state index contributed by atoms with van der Waals surface area (Å²) >= 11 is 0. The lowest BCUT2D eigenvalue weighted by atomic mass is 9.95. The third-order valence-corrected chi connectivity index (χ3v) is 6.38. The van der Waals surface area contributed by atoms with E-state index in [1.165, 1.54) is 6.07 Å². The van der Waals surface area contributed by atoms with Gasteiger partial charge in [0.15, 0.2) is 0 Å². The van der Waals surface area contributed by atoms with Crippen LogP contribution in [0, 0.1) is 11.7 Å². The molecule has 32 heavy (non-hydrogen) atoms. The predicted molar refractivity (Wildman–Crippen MR) is 121 cm³/mol. The first-order chi connectivity index (χ1) is 15.2. The fraction of sp³-hybridized carbons (Fsp3) is 0.560. The van der Waals surface area contributed by atoms with Crippen molar-refractivity contribution in [1.82, 2.24) is 20.0 Å². The van der Waals surface area contributed by atoms with Crippen molar-refractivity contribution in [2.24, 2.45) is 5.92 Å². The van der Waals surface area contributed by atoms with E-state index in [1.807, 2.05) is 15.6 Å². The lowest BCUT2D eigenvalue weighted by molar-refractivity contribution is -0.126. The van der Waals surface area contributed by atoms with Gasteiger partial charge in [0.25, 0.3) is 5.91 Å². The highest BCUT2D eigenvalue weighted by Gasteiger charge is 2.34. The van der Waals surface area contributed by atoms with Crippen LogP contribution in [0.2, 0.25) is 0 Å². The second-order valence-corrected chi connectivity index (χ2v) is 10.0. The second-order valence-electron chi connectivity index (χ2n) is 10.0. The quantitative estimate of drug-likeness (QED) is 0.742. The normalized spacial score (nSPS) is 17.4. The highest BCUT2D eigenvalue weighted by atomic mass is 19.1. The van der Waals surface area contributed by atoms with Gasteiger partial charge in [-0.2, -0.15) is 5.10 Å². The number of aromatic nitrogens is 2. The van der Waals surface area contributed by atoms with Crippen LogP contribution in [0.1, 0.15) is 74.1 Å². The Bertz CT molecular complexity index is 982. The Kier molecular flexibility index (Phi) is 6.35. The summed E-state index contributed by atoms with van der Waals surface area (Å²) in [6, 6.07) is 8.60. The van der Waals surface area contributed by atoms with Crippen molar-refractivity contribution in [3.8, 4) is 0 Å². The van der Waals surface area contributed by atoms with Gasteiger partial charge >= 0.3 is 0 Å². The first-order valence-electron chi connectivity index (χ1n) is 11.6. The van der Waals surface area contributed by atoms with Crippen molar-refractivity contribution in [3.05, 3.63) is 53.1 Å². The van der Waals surface area contributed by atoms with Crippen molar-refractivity contribution in [2.45, 2.75) is 64.3 Å². The zero-order chi connectivity index (χ0) is 22.9. The molecule has 0 radical (unpaired) electrons. The molecular weight excluding hydrogens is 407 g/mol. The van der Waals surface area contributed by atoms with Crippen LogP contribution in [-0.2, 0) is 16.8 Å². The van der Waals surface area contributed by atoms with E-state index in [0.29, 0.717) is 56.1 Å². The Labute approximate surface area is 189 Å². The monoisotopic (exact) mass is 440 g/mol. The van der Waals surface area contributed by atoms with Crippen LogP contribution in [-0.4, -0.2) is 46.1 Å². The predicted octanol–water partition coefficient (Wildman–Crippen LogP) is 3.87. The molecule has 4 rings (SSSR count). The van der Waals surface area contributed by atoms with Gasteiger partial charge in [0.1, 0.15) is 11.5 Å². The molecule has 1 N–H and O–H groups in total. The Morgan fingerprint density at radius 2 is 1.81 bits per heavy atom. The van der Waals surface area contributed by atoms with Gasteiger partial charge in [-0.15, -0.1) is 0 Å². The lowest BCUT2D eigenvalue weighted by Crippen LogP contribution is -2.44. The molecule has 1 aliphatic heterocycles. The minimum atomic E-state index is -0.269. The number of likely N-dealkylation sites (tertiary alicyclic amines) is 1. The van der Waals surface area contributed by atoms with Crippen LogP contribution in [0.15, 0.2) is 30.3 Å². The number of amides is 2. The smallest absolute Gasteiger partial charge is 0.272 e. The van der Waals surface area contributed by atoms with Gasteiger partial charge in [-0.05, 0) is 70.6 Å². The molecule has 0 atom stereocenters. The average Bonchev–Trinajstić information content (AvgIpc) is 3.51. The van der Waals surface area contributed by atoms with Gasteiger partial charge in [-0.3, -0.25) is 14.3 Å². The lowest BCUT2D eigenvalue weighted by Gasteiger charge is -2.32. The van der Waals surface area contributed by atoms with Crippen LogP contribution in [0.4, 0.5) is 4.39 Å². The van der Waals surface area contributed by atoms with Crippen molar-refractivity contribution in [3.63, 3.8) is 0 Å². The molecule has 7 heteroatoms. The molecule has 0 unspecified atom stereocenters. The zero-order valence-electron chi connectivity index (χ0n) is 19.2. The Morgan fingerprint density at radius 1 is 1.12 bits per heavy atom. The topological polar surface area (TPSA) is 67.2 Å². The van der Waals surface area contributed by atoms with E-state index in [-0.39, 0.29) is 29.1 Å². The third kappa shape index (κ3) is 5.03. The summed E-state index contributed by atoms with van der Waals surface area (Å²) in [7, 11) is 0. The summed E-state index contributed by atoms with van der Waals surface area (Å²) in [6.45, 7) is 7.70. The summed E-state index contributed by atoms with van der Waals surface area (Å²) in [5, 5.41) is 7.68. The van der Waals surface area contributed by atoms with Crippen molar-refractivity contribution in [2.75, 3.05) is 19.6 Å². The van der Waals surface area contributed by atoms with E-state index in [1.54, 1.807) is 18.2 Å². The van der Waals surface area contributed by atoms with Crippen molar-refractivity contribution in [1.29, 1.82) is 0 Å². The molecule has 1 saturated heterocycles. The van der Waals surface area contributed by atoms with Crippen LogP contribution in [0.25, 0.3) is 0 Å². The summed E-state index contributed by atoms with van der Waals surface area (Å²) < 4.78 is 15.6. The molecule has 2 aliphatic rings. The van der Waals surface area contributed by atoms with Gasteiger partial charge in [-0.1, -0.05) is 18.2 Å². The number of hydrogen-bond donors (Lipinski definition) is 1. The standard InChI is InChI=1S/C25H33FN4O2/c1-25(2,3)30-22(16-21(28-30)18-8-9-18)24(32)29-14-11-19(12-15-29)23(31)27-13-10-17-6-4-5-7-20(17)26/h4-7,16,18-19H,8-15H2,1-3H3,(H,27,31). The minimum Gasteiger partial charge on any atom is -0.356 e. The number of benzene rings is 1. The molecule has 172 valence electrons. The van der Waals surface area contributed by atoms with E-state index in [4.69, 9.17) is 5.10 Å². The minimum absolute atomic E-state index is 0.00210. The molecule has 1 saturated carbocycles. The molecular formula is C25H33FN4O2. The van der Waals surface area contributed by atoms with Gasteiger partial charge < -0.3 is 10.2 Å². The molecule has 2 aromatic rings. The van der Waals surface area contributed by atoms with E-state index < -0.39 is 0 Å². The first kappa shape index (κ1) is 22.5. The molecule has 2 amide bonds. The Hall–Kier alpha value is -2.70. The molecule has 1 aromatic heterocycles. The van der Waals surface area contributed by atoms with Crippen LogP contribution in [0.3, 0.4) is 0 Å². The Balaban J connectivity index is 1.31. The molecule has 1 aliphatic carbocycles. The van der Waals surface area contributed by atoms with Crippen LogP contribution >= 0.6 is 0 Å². The van der Waals surface area contributed by atoms with E-state index in [0.717, 1.165) is 18.5 Å². The number of carbonyl (C=O) groups is 2. The summed E-state index contributed by atoms with van der Waals surface area (Å²) in [4.78, 5) is 27.7. The summed E-state index contributed by atoms with van der Waals surface area (Å²) in [5.74, 6) is 0.119. The maximum absolute atomic E-state index is 13.7. The number of halogens is 1. The van der Waals surface area contributed by atoms with Crippen molar-refractivity contribution >= 4 is 11.8 Å². The van der Waals surface area contributed by atoms with E-state index in [9.17, 15) is 14.0 Å². The highest BCUT2D eigenvalue weighted by Crippen LogP contribution is 2.40. The number of nitrogens with zero attached hydrogens (tertiary/aromatic N) is 3. The zero-order valence-corrected chi connectivity index (χ0v) is 19.2. The Morgan fingerprint density at radius 3 is 2.44 bits per heavy atom. The maximum atomic E-state index is 13.7. The number of nitrogens with one attached hydrogen (secondary N) is 1. The van der Waals surface area contributed by atoms with Gasteiger partial charge in [0.05, 0.1) is 11.2 Å². The highest BCUT2D eigenvalue weighted by molar-refractivity contribution is 5.93. The largest absolute Gasteiger partial charge is 0.356 e. The average molecular weight is 441 g/mol.